The van der Waals surface area contributed by atoms with Gasteiger partial charge >= 0.3 is 0 Å². The van der Waals surface area contributed by atoms with Crippen LogP contribution in [-0.2, 0) is 4.79 Å². The van der Waals surface area contributed by atoms with Crippen LogP contribution in [0.4, 0.5) is 0 Å². The largest absolute Gasteiger partial charge is 0.391 e. The Balaban J connectivity index is 1.71. The van der Waals surface area contributed by atoms with Gasteiger partial charge in [-0.05, 0) is 23.6 Å². The van der Waals surface area contributed by atoms with E-state index in [1.807, 2.05) is 0 Å². The highest BCUT2D eigenvalue weighted by Crippen LogP contribution is 2.21. The summed E-state index contributed by atoms with van der Waals surface area (Å²) in [6.07, 6.45) is -0.346. The minimum atomic E-state index is -0.346. The normalized spacial score (nSPS) is 21.7. The molecule has 0 aromatic heterocycles. The highest BCUT2D eigenvalue weighted by Gasteiger charge is 2.24. The first-order chi connectivity index (χ1) is 10.1. The second-order valence-electron chi connectivity index (χ2n) is 5.80. The number of carbonyl (C=O) groups is 1. The number of rotatable bonds is 6. The first-order valence-electron chi connectivity index (χ1n) is 7.44. The molecule has 1 heterocycles. The minimum absolute atomic E-state index is 0.0204. The van der Waals surface area contributed by atoms with Gasteiger partial charge in [0.05, 0.1) is 11.9 Å². The third-order valence-electron chi connectivity index (χ3n) is 3.78. The van der Waals surface area contributed by atoms with Gasteiger partial charge in [0.15, 0.2) is 0 Å². The lowest BCUT2D eigenvalue weighted by atomic mass is 10.0. The second-order valence-corrected chi connectivity index (χ2v) is 6.85. The molecule has 0 saturated carbocycles. The SMILES string of the molecule is CC(C)c1ccc(SCC(=O)NCC2CNCC2O)cc1. The van der Waals surface area contributed by atoms with Gasteiger partial charge in [-0.2, -0.15) is 0 Å². The van der Waals surface area contributed by atoms with Gasteiger partial charge in [0, 0.05) is 30.4 Å². The molecule has 1 aliphatic heterocycles. The molecule has 0 radical (unpaired) electrons. The van der Waals surface area contributed by atoms with Gasteiger partial charge in [0.25, 0.3) is 0 Å². The van der Waals surface area contributed by atoms with Crippen LogP contribution in [0.25, 0.3) is 0 Å². The van der Waals surface area contributed by atoms with Crippen LogP contribution in [0.1, 0.15) is 25.3 Å². The van der Waals surface area contributed by atoms with Crippen molar-refractivity contribution in [2.75, 3.05) is 25.4 Å². The number of hydrogen-bond acceptors (Lipinski definition) is 4. The van der Waals surface area contributed by atoms with Gasteiger partial charge in [0.1, 0.15) is 0 Å². The number of carbonyl (C=O) groups excluding carboxylic acids is 1. The zero-order valence-electron chi connectivity index (χ0n) is 12.6. The van der Waals surface area contributed by atoms with E-state index in [0.717, 1.165) is 11.4 Å². The summed E-state index contributed by atoms with van der Waals surface area (Å²) >= 11 is 1.54. The molecule has 0 aliphatic carbocycles. The van der Waals surface area contributed by atoms with Crippen molar-refractivity contribution < 1.29 is 9.90 Å². The zero-order valence-corrected chi connectivity index (χ0v) is 13.5. The van der Waals surface area contributed by atoms with Crippen molar-refractivity contribution in [2.24, 2.45) is 5.92 Å². The van der Waals surface area contributed by atoms with Crippen molar-refractivity contribution in [3.05, 3.63) is 29.8 Å². The molecule has 1 fully saturated rings. The molecular formula is C16H24N2O2S. The fraction of sp³-hybridized carbons (Fsp3) is 0.562. The van der Waals surface area contributed by atoms with Crippen LogP contribution in [0.3, 0.4) is 0 Å². The highest BCUT2D eigenvalue weighted by atomic mass is 32.2. The molecule has 0 bridgehead atoms. The summed E-state index contributed by atoms with van der Waals surface area (Å²) in [6.45, 7) is 6.27. The van der Waals surface area contributed by atoms with Gasteiger partial charge in [-0.1, -0.05) is 26.0 Å². The van der Waals surface area contributed by atoms with Crippen LogP contribution in [0.5, 0.6) is 0 Å². The molecule has 0 spiro atoms. The lowest BCUT2D eigenvalue weighted by molar-refractivity contribution is -0.118. The molecule has 21 heavy (non-hydrogen) atoms. The van der Waals surface area contributed by atoms with E-state index in [2.05, 4.69) is 48.7 Å². The van der Waals surface area contributed by atoms with E-state index in [-0.39, 0.29) is 17.9 Å². The van der Waals surface area contributed by atoms with E-state index in [4.69, 9.17) is 0 Å². The van der Waals surface area contributed by atoms with Gasteiger partial charge in [0.2, 0.25) is 5.91 Å². The molecule has 1 aromatic carbocycles. The molecule has 1 aliphatic rings. The van der Waals surface area contributed by atoms with Crippen molar-refractivity contribution >= 4 is 17.7 Å². The van der Waals surface area contributed by atoms with E-state index in [9.17, 15) is 9.90 Å². The number of thioether (sulfide) groups is 1. The summed E-state index contributed by atoms with van der Waals surface area (Å²) in [5.41, 5.74) is 1.31. The Bertz CT molecular complexity index is 462. The lowest BCUT2D eigenvalue weighted by Gasteiger charge is -2.14. The molecule has 1 amide bonds. The topological polar surface area (TPSA) is 61.4 Å². The van der Waals surface area contributed by atoms with E-state index < -0.39 is 0 Å². The van der Waals surface area contributed by atoms with Crippen molar-refractivity contribution in [1.82, 2.24) is 10.6 Å². The fourth-order valence-corrected chi connectivity index (χ4v) is 3.05. The van der Waals surface area contributed by atoms with Crippen LogP contribution in [-0.4, -0.2) is 42.5 Å². The van der Waals surface area contributed by atoms with Gasteiger partial charge in [-0.3, -0.25) is 4.79 Å². The zero-order chi connectivity index (χ0) is 15.2. The molecule has 2 rings (SSSR count). The third-order valence-corrected chi connectivity index (χ3v) is 4.79. The molecular weight excluding hydrogens is 284 g/mol. The molecule has 1 aromatic rings. The van der Waals surface area contributed by atoms with Crippen molar-refractivity contribution in [2.45, 2.75) is 30.8 Å². The molecule has 116 valence electrons. The van der Waals surface area contributed by atoms with Crippen LogP contribution in [0.2, 0.25) is 0 Å². The number of amides is 1. The van der Waals surface area contributed by atoms with Gasteiger partial charge in [-0.15, -0.1) is 11.8 Å². The fourth-order valence-electron chi connectivity index (χ4n) is 2.32. The Morgan fingerprint density at radius 1 is 1.38 bits per heavy atom. The summed E-state index contributed by atoms with van der Waals surface area (Å²) < 4.78 is 0. The molecule has 2 unspecified atom stereocenters. The Morgan fingerprint density at radius 2 is 2.10 bits per heavy atom. The number of aliphatic hydroxyl groups excluding tert-OH is 1. The van der Waals surface area contributed by atoms with Crippen LogP contribution in [0, 0.1) is 5.92 Å². The average Bonchev–Trinajstić information content (AvgIpc) is 2.88. The monoisotopic (exact) mass is 308 g/mol. The maximum absolute atomic E-state index is 11.8. The summed E-state index contributed by atoms with van der Waals surface area (Å²) in [7, 11) is 0. The number of benzene rings is 1. The Hall–Kier alpha value is -1.04. The summed E-state index contributed by atoms with van der Waals surface area (Å²) in [6, 6.07) is 8.37. The van der Waals surface area contributed by atoms with Crippen molar-refractivity contribution in [3.8, 4) is 0 Å². The molecule has 5 heteroatoms. The number of β-amino-alcohol motifs (C(OH)–C–C–N with tert-alkyl or cyclic N) is 1. The van der Waals surface area contributed by atoms with E-state index >= 15 is 0 Å². The molecule has 2 atom stereocenters. The second kappa shape index (κ2) is 7.82. The van der Waals surface area contributed by atoms with Gasteiger partial charge in [-0.25, -0.2) is 0 Å². The Kier molecular flexibility index (Phi) is 6.08. The summed E-state index contributed by atoms with van der Waals surface area (Å²) in [5.74, 6) is 1.09. The predicted molar refractivity (Wildman–Crippen MR) is 86.6 cm³/mol. The van der Waals surface area contributed by atoms with Gasteiger partial charge < -0.3 is 15.7 Å². The Labute approximate surface area is 130 Å². The van der Waals surface area contributed by atoms with E-state index in [0.29, 0.717) is 24.8 Å². The maximum atomic E-state index is 11.8. The van der Waals surface area contributed by atoms with Crippen LogP contribution < -0.4 is 10.6 Å². The number of hydrogen-bond donors (Lipinski definition) is 3. The van der Waals surface area contributed by atoms with Crippen molar-refractivity contribution in [3.63, 3.8) is 0 Å². The third kappa shape index (κ3) is 5.02. The van der Waals surface area contributed by atoms with E-state index in [1.165, 1.54) is 5.56 Å². The average molecular weight is 308 g/mol. The first kappa shape index (κ1) is 16.3. The lowest BCUT2D eigenvalue weighted by Crippen LogP contribution is -2.35. The maximum Gasteiger partial charge on any atom is 0.230 e. The first-order valence-corrected chi connectivity index (χ1v) is 8.43. The number of aliphatic hydroxyl groups is 1. The molecule has 1 saturated heterocycles. The number of nitrogens with one attached hydrogen (secondary N) is 2. The van der Waals surface area contributed by atoms with E-state index in [1.54, 1.807) is 11.8 Å². The standard InChI is InChI=1S/C16H24N2O2S/c1-11(2)12-3-5-14(6-4-12)21-10-16(20)18-8-13-7-17-9-15(13)19/h3-6,11,13,15,17,19H,7-10H2,1-2H3,(H,18,20). The summed E-state index contributed by atoms with van der Waals surface area (Å²) in [5, 5.41) is 15.7. The quantitative estimate of drug-likeness (QED) is 0.699. The molecule has 4 nitrogen and oxygen atoms in total. The van der Waals surface area contributed by atoms with Crippen LogP contribution in [0.15, 0.2) is 29.2 Å². The Morgan fingerprint density at radius 3 is 2.67 bits per heavy atom. The van der Waals surface area contributed by atoms with Crippen molar-refractivity contribution in [1.29, 1.82) is 0 Å². The summed E-state index contributed by atoms with van der Waals surface area (Å²) in [4.78, 5) is 12.9. The predicted octanol–water partition coefficient (Wildman–Crippen LogP) is 1.60. The smallest absolute Gasteiger partial charge is 0.230 e. The van der Waals surface area contributed by atoms with Crippen LogP contribution >= 0.6 is 11.8 Å². The minimum Gasteiger partial charge on any atom is -0.391 e. The highest BCUT2D eigenvalue weighted by molar-refractivity contribution is 8.00. The molecule has 3 N–H and O–H groups in total.